The molecule has 0 N–H and O–H groups in total. The van der Waals surface area contributed by atoms with Gasteiger partial charge in [0.2, 0.25) is 0 Å². The van der Waals surface area contributed by atoms with Crippen molar-refractivity contribution in [1.82, 2.24) is 9.38 Å². The number of imidazole rings is 1. The molecular weight excluding hydrogens is 196 g/mol. The second kappa shape index (κ2) is 7.91. The lowest BCUT2D eigenvalue weighted by molar-refractivity contribution is 1.04. The zero-order valence-electron chi connectivity index (χ0n) is 11.4. The van der Waals surface area contributed by atoms with Gasteiger partial charge in [0.05, 0.1) is 0 Å². The van der Waals surface area contributed by atoms with Gasteiger partial charge in [0.25, 0.3) is 0 Å². The quantitative estimate of drug-likeness (QED) is 0.702. The van der Waals surface area contributed by atoms with Crippen LogP contribution in [-0.4, -0.2) is 9.38 Å². The van der Waals surface area contributed by atoms with Crippen molar-refractivity contribution in [2.24, 2.45) is 0 Å². The molecule has 0 saturated heterocycles. The molecule has 0 unspecified atom stereocenters. The molecule has 0 aliphatic carbocycles. The Kier molecular flexibility index (Phi) is 7.27. The summed E-state index contributed by atoms with van der Waals surface area (Å²) in [6, 6.07) is 2.12. The average Bonchev–Trinajstić information content (AvgIpc) is 2.80. The van der Waals surface area contributed by atoms with Crippen LogP contribution in [0.4, 0.5) is 0 Å². The molecule has 0 aliphatic rings. The average molecular weight is 220 g/mol. The zero-order valence-corrected chi connectivity index (χ0v) is 11.4. The maximum atomic E-state index is 4.22. The summed E-state index contributed by atoms with van der Waals surface area (Å²) in [7, 11) is 0. The van der Waals surface area contributed by atoms with Gasteiger partial charge in [-0.1, -0.05) is 34.6 Å². The van der Waals surface area contributed by atoms with E-state index < -0.39 is 0 Å². The Balaban J connectivity index is 0.000000509. The van der Waals surface area contributed by atoms with Crippen LogP contribution in [0.15, 0.2) is 24.7 Å². The highest BCUT2D eigenvalue weighted by atomic mass is 15.0. The van der Waals surface area contributed by atoms with Gasteiger partial charge in [-0.15, -0.1) is 0 Å². The first-order chi connectivity index (χ1) is 7.81. The minimum Gasteiger partial charge on any atom is -0.307 e. The summed E-state index contributed by atoms with van der Waals surface area (Å²) in [6.45, 7) is 12.3. The van der Waals surface area contributed by atoms with Crippen molar-refractivity contribution in [2.75, 3.05) is 0 Å². The van der Waals surface area contributed by atoms with Gasteiger partial charge in [0.15, 0.2) is 0 Å². The molecule has 0 aliphatic heterocycles. The van der Waals surface area contributed by atoms with Crippen LogP contribution in [0.25, 0.3) is 5.65 Å². The number of fused-ring (bicyclic) bond motifs is 1. The minimum absolute atomic E-state index is 1.03. The van der Waals surface area contributed by atoms with Crippen molar-refractivity contribution >= 4 is 5.65 Å². The molecule has 0 saturated carbocycles. The van der Waals surface area contributed by atoms with Crippen LogP contribution in [0.1, 0.15) is 45.7 Å². The molecule has 2 heteroatoms. The summed E-state index contributed by atoms with van der Waals surface area (Å²) in [5, 5.41) is 0. The predicted molar refractivity (Wildman–Crippen MR) is 72.0 cm³/mol. The monoisotopic (exact) mass is 220 g/mol. The van der Waals surface area contributed by atoms with E-state index in [-0.39, 0.29) is 0 Å². The molecule has 90 valence electrons. The van der Waals surface area contributed by atoms with E-state index in [0.29, 0.717) is 0 Å². The summed E-state index contributed by atoms with van der Waals surface area (Å²) in [5.74, 6) is 0. The summed E-state index contributed by atoms with van der Waals surface area (Å²) in [5.41, 5.74) is 3.75. The molecule has 2 rings (SSSR count). The topological polar surface area (TPSA) is 17.3 Å². The summed E-state index contributed by atoms with van der Waals surface area (Å²) >= 11 is 0. The van der Waals surface area contributed by atoms with Crippen molar-refractivity contribution in [1.29, 1.82) is 0 Å². The number of aryl methyl sites for hydroxylation is 2. The SMILES string of the molecule is CC.CC.CCc1cn2ccnc2cc1C. The molecule has 0 radical (unpaired) electrons. The lowest BCUT2D eigenvalue weighted by Gasteiger charge is -2.03. The molecule has 0 spiro atoms. The van der Waals surface area contributed by atoms with E-state index in [0.717, 1.165) is 12.1 Å². The van der Waals surface area contributed by atoms with Gasteiger partial charge in [0.1, 0.15) is 5.65 Å². The maximum absolute atomic E-state index is 4.22. The van der Waals surface area contributed by atoms with Crippen LogP contribution in [-0.2, 0) is 6.42 Å². The largest absolute Gasteiger partial charge is 0.307 e. The summed E-state index contributed by atoms with van der Waals surface area (Å²) in [6.07, 6.45) is 7.04. The zero-order chi connectivity index (χ0) is 12.6. The Morgan fingerprint density at radius 3 is 2.38 bits per heavy atom. The van der Waals surface area contributed by atoms with E-state index in [9.17, 15) is 0 Å². The fourth-order valence-corrected chi connectivity index (χ4v) is 1.47. The van der Waals surface area contributed by atoms with Crippen LogP contribution in [0, 0.1) is 6.92 Å². The fourth-order valence-electron chi connectivity index (χ4n) is 1.47. The van der Waals surface area contributed by atoms with Crippen molar-refractivity contribution < 1.29 is 0 Å². The molecule has 0 amide bonds. The van der Waals surface area contributed by atoms with Gasteiger partial charge in [-0.2, -0.15) is 0 Å². The first kappa shape index (κ1) is 14.7. The lowest BCUT2D eigenvalue weighted by Crippen LogP contribution is -1.91. The molecule has 0 fully saturated rings. The fraction of sp³-hybridized carbons (Fsp3) is 0.500. The highest BCUT2D eigenvalue weighted by molar-refractivity contribution is 5.44. The number of rotatable bonds is 1. The Hall–Kier alpha value is -1.31. The highest BCUT2D eigenvalue weighted by Gasteiger charge is 1.98. The molecule has 0 aromatic carbocycles. The Bertz CT molecular complexity index is 402. The van der Waals surface area contributed by atoms with E-state index in [4.69, 9.17) is 0 Å². The van der Waals surface area contributed by atoms with E-state index in [1.165, 1.54) is 11.1 Å². The molecule has 2 aromatic rings. The van der Waals surface area contributed by atoms with Gasteiger partial charge in [0, 0.05) is 18.6 Å². The third-order valence-electron chi connectivity index (χ3n) is 2.23. The maximum Gasteiger partial charge on any atom is 0.136 e. The van der Waals surface area contributed by atoms with Gasteiger partial charge >= 0.3 is 0 Å². The van der Waals surface area contributed by atoms with E-state index >= 15 is 0 Å². The predicted octanol–water partition coefficient (Wildman–Crippen LogP) is 4.26. The lowest BCUT2D eigenvalue weighted by atomic mass is 10.1. The van der Waals surface area contributed by atoms with Crippen molar-refractivity contribution in [3.05, 3.63) is 35.8 Å². The van der Waals surface area contributed by atoms with E-state index in [1.807, 2.05) is 40.1 Å². The third-order valence-corrected chi connectivity index (χ3v) is 2.23. The van der Waals surface area contributed by atoms with Crippen LogP contribution in [0.5, 0.6) is 0 Å². The first-order valence-corrected chi connectivity index (χ1v) is 6.23. The highest BCUT2D eigenvalue weighted by Crippen LogP contribution is 2.11. The van der Waals surface area contributed by atoms with Crippen molar-refractivity contribution in [3.63, 3.8) is 0 Å². The smallest absolute Gasteiger partial charge is 0.136 e. The molecule has 2 aromatic heterocycles. The molecule has 2 nitrogen and oxygen atoms in total. The number of aromatic nitrogens is 2. The molecular formula is C14H24N2. The Morgan fingerprint density at radius 2 is 1.81 bits per heavy atom. The van der Waals surface area contributed by atoms with Crippen molar-refractivity contribution in [3.8, 4) is 0 Å². The first-order valence-electron chi connectivity index (χ1n) is 6.23. The van der Waals surface area contributed by atoms with Gasteiger partial charge in [-0.05, 0) is 30.5 Å². The van der Waals surface area contributed by atoms with Gasteiger partial charge in [-0.25, -0.2) is 4.98 Å². The second-order valence-corrected chi connectivity index (χ2v) is 3.03. The third kappa shape index (κ3) is 3.37. The number of pyridine rings is 1. The van der Waals surface area contributed by atoms with Crippen LogP contribution < -0.4 is 0 Å². The van der Waals surface area contributed by atoms with Crippen molar-refractivity contribution in [2.45, 2.75) is 48.0 Å². The molecule has 2 heterocycles. The standard InChI is InChI=1S/C10H12N2.2C2H6/c1-3-9-7-12-5-4-11-10(12)6-8(9)2;2*1-2/h4-7H,3H2,1-2H3;2*1-2H3. The number of nitrogens with zero attached hydrogens (tertiary/aromatic N) is 2. The minimum atomic E-state index is 1.03. The van der Waals surface area contributed by atoms with Gasteiger partial charge < -0.3 is 4.40 Å². The Labute approximate surface area is 99.3 Å². The molecule has 0 atom stereocenters. The van der Waals surface area contributed by atoms with E-state index in [1.54, 1.807) is 0 Å². The molecule has 16 heavy (non-hydrogen) atoms. The second-order valence-electron chi connectivity index (χ2n) is 3.03. The summed E-state index contributed by atoms with van der Waals surface area (Å²) < 4.78 is 2.06. The number of hydrogen-bond acceptors (Lipinski definition) is 1. The van der Waals surface area contributed by atoms with Crippen LogP contribution in [0.2, 0.25) is 0 Å². The van der Waals surface area contributed by atoms with E-state index in [2.05, 4.69) is 35.5 Å². The Morgan fingerprint density at radius 1 is 1.19 bits per heavy atom. The normalized spacial score (nSPS) is 8.88. The number of hydrogen-bond donors (Lipinski definition) is 0. The van der Waals surface area contributed by atoms with Crippen LogP contribution >= 0.6 is 0 Å². The van der Waals surface area contributed by atoms with Crippen LogP contribution in [0.3, 0.4) is 0 Å². The summed E-state index contributed by atoms with van der Waals surface area (Å²) in [4.78, 5) is 4.22. The van der Waals surface area contributed by atoms with Gasteiger partial charge in [-0.3, -0.25) is 0 Å². The molecule has 0 bridgehead atoms.